The SMILES string of the molecule is Cc1cc(Cl)ccc1Oc1ccc(CC(C)N)cc1. The van der Waals surface area contributed by atoms with E-state index in [0.29, 0.717) is 0 Å². The number of ether oxygens (including phenoxy) is 1. The number of halogens is 1. The van der Waals surface area contributed by atoms with Gasteiger partial charge in [-0.15, -0.1) is 0 Å². The molecule has 0 saturated heterocycles. The van der Waals surface area contributed by atoms with Gasteiger partial charge < -0.3 is 10.5 Å². The van der Waals surface area contributed by atoms with Crippen LogP contribution in [0, 0.1) is 6.92 Å². The zero-order chi connectivity index (χ0) is 13.8. The molecule has 1 unspecified atom stereocenters. The van der Waals surface area contributed by atoms with Gasteiger partial charge in [-0.3, -0.25) is 0 Å². The van der Waals surface area contributed by atoms with Crippen LogP contribution in [-0.2, 0) is 6.42 Å². The Balaban J connectivity index is 2.10. The standard InChI is InChI=1S/C16H18ClNO/c1-11-9-14(17)5-8-16(11)19-15-6-3-13(4-7-15)10-12(2)18/h3-9,12H,10,18H2,1-2H3. The highest BCUT2D eigenvalue weighted by Gasteiger charge is 2.03. The average Bonchev–Trinajstić information content (AvgIpc) is 2.34. The fraction of sp³-hybridized carbons (Fsp3) is 0.250. The second-order valence-electron chi connectivity index (χ2n) is 4.84. The third kappa shape index (κ3) is 3.98. The molecule has 0 spiro atoms. The van der Waals surface area contributed by atoms with Gasteiger partial charge in [-0.05, 0) is 61.7 Å². The molecule has 0 aromatic heterocycles. The summed E-state index contributed by atoms with van der Waals surface area (Å²) in [7, 11) is 0. The molecule has 0 aliphatic carbocycles. The third-order valence-corrected chi connectivity index (χ3v) is 3.08. The van der Waals surface area contributed by atoms with Gasteiger partial charge in [0.25, 0.3) is 0 Å². The molecular formula is C16H18ClNO. The highest BCUT2D eigenvalue weighted by Crippen LogP contribution is 2.27. The maximum atomic E-state index is 5.92. The van der Waals surface area contributed by atoms with Gasteiger partial charge in [0, 0.05) is 11.1 Å². The number of hydrogen-bond acceptors (Lipinski definition) is 2. The molecule has 2 aromatic rings. The van der Waals surface area contributed by atoms with Crippen LogP contribution in [-0.4, -0.2) is 6.04 Å². The fourth-order valence-electron chi connectivity index (χ4n) is 1.92. The monoisotopic (exact) mass is 275 g/mol. The van der Waals surface area contributed by atoms with Crippen molar-refractivity contribution in [3.8, 4) is 11.5 Å². The Labute approximate surface area is 119 Å². The van der Waals surface area contributed by atoms with E-state index >= 15 is 0 Å². The maximum Gasteiger partial charge on any atom is 0.130 e. The summed E-state index contributed by atoms with van der Waals surface area (Å²) in [5.41, 5.74) is 8.01. The van der Waals surface area contributed by atoms with E-state index in [1.54, 1.807) is 0 Å². The van der Waals surface area contributed by atoms with Crippen molar-refractivity contribution < 1.29 is 4.74 Å². The first kappa shape index (κ1) is 13.9. The van der Waals surface area contributed by atoms with Crippen LogP contribution in [0.15, 0.2) is 42.5 Å². The molecular weight excluding hydrogens is 258 g/mol. The molecule has 0 saturated carbocycles. The predicted octanol–water partition coefficient (Wildman–Crippen LogP) is 4.33. The Bertz CT molecular complexity index is 549. The second kappa shape index (κ2) is 6.09. The molecule has 2 N–H and O–H groups in total. The van der Waals surface area contributed by atoms with Crippen LogP contribution in [0.5, 0.6) is 11.5 Å². The quantitative estimate of drug-likeness (QED) is 0.901. The molecule has 2 nitrogen and oxygen atoms in total. The van der Waals surface area contributed by atoms with Gasteiger partial charge in [0.15, 0.2) is 0 Å². The lowest BCUT2D eigenvalue weighted by atomic mass is 10.1. The molecule has 2 rings (SSSR count). The lowest BCUT2D eigenvalue weighted by Crippen LogP contribution is -2.17. The van der Waals surface area contributed by atoms with Crippen molar-refractivity contribution in [2.75, 3.05) is 0 Å². The normalized spacial score (nSPS) is 12.2. The molecule has 0 amide bonds. The van der Waals surface area contributed by atoms with Crippen LogP contribution < -0.4 is 10.5 Å². The van der Waals surface area contributed by atoms with Crippen molar-refractivity contribution >= 4 is 11.6 Å². The van der Waals surface area contributed by atoms with Gasteiger partial charge in [0.05, 0.1) is 0 Å². The summed E-state index contributed by atoms with van der Waals surface area (Å²) >= 11 is 5.92. The summed E-state index contributed by atoms with van der Waals surface area (Å²) in [5.74, 6) is 1.64. The molecule has 3 heteroatoms. The van der Waals surface area contributed by atoms with E-state index in [2.05, 4.69) is 0 Å². The molecule has 1 atom stereocenters. The van der Waals surface area contributed by atoms with Crippen molar-refractivity contribution in [3.05, 3.63) is 58.6 Å². The Morgan fingerprint density at radius 2 is 1.84 bits per heavy atom. The molecule has 0 heterocycles. The Kier molecular flexibility index (Phi) is 4.46. The predicted molar refractivity (Wildman–Crippen MR) is 80.1 cm³/mol. The van der Waals surface area contributed by atoms with E-state index in [9.17, 15) is 0 Å². The largest absolute Gasteiger partial charge is 0.457 e. The smallest absolute Gasteiger partial charge is 0.130 e. The van der Waals surface area contributed by atoms with E-state index in [4.69, 9.17) is 22.1 Å². The highest BCUT2D eigenvalue weighted by molar-refractivity contribution is 6.30. The zero-order valence-electron chi connectivity index (χ0n) is 11.2. The van der Waals surface area contributed by atoms with Crippen LogP contribution in [0.25, 0.3) is 0 Å². The highest BCUT2D eigenvalue weighted by atomic mass is 35.5. The molecule has 19 heavy (non-hydrogen) atoms. The molecule has 0 fully saturated rings. The van der Waals surface area contributed by atoms with E-state index < -0.39 is 0 Å². The summed E-state index contributed by atoms with van der Waals surface area (Å²) in [6.45, 7) is 3.98. The van der Waals surface area contributed by atoms with Crippen molar-refractivity contribution in [1.82, 2.24) is 0 Å². The minimum Gasteiger partial charge on any atom is -0.457 e. The number of aryl methyl sites for hydroxylation is 1. The van der Waals surface area contributed by atoms with Gasteiger partial charge in [0.2, 0.25) is 0 Å². The van der Waals surface area contributed by atoms with Gasteiger partial charge in [0.1, 0.15) is 11.5 Å². The topological polar surface area (TPSA) is 35.2 Å². The van der Waals surface area contributed by atoms with Gasteiger partial charge in [-0.25, -0.2) is 0 Å². The van der Waals surface area contributed by atoms with Crippen molar-refractivity contribution in [2.45, 2.75) is 26.3 Å². The third-order valence-electron chi connectivity index (χ3n) is 2.85. The van der Waals surface area contributed by atoms with Crippen molar-refractivity contribution in [3.63, 3.8) is 0 Å². The molecule has 2 aromatic carbocycles. The summed E-state index contributed by atoms with van der Waals surface area (Å²) in [6, 6.07) is 13.8. The Morgan fingerprint density at radius 3 is 2.42 bits per heavy atom. The van der Waals surface area contributed by atoms with Crippen LogP contribution in [0.1, 0.15) is 18.1 Å². The fourth-order valence-corrected chi connectivity index (χ4v) is 2.15. The molecule has 0 radical (unpaired) electrons. The summed E-state index contributed by atoms with van der Waals surface area (Å²) in [5, 5.41) is 0.720. The van der Waals surface area contributed by atoms with Gasteiger partial charge >= 0.3 is 0 Å². The molecule has 0 aliphatic heterocycles. The molecule has 0 aliphatic rings. The van der Waals surface area contributed by atoms with Crippen molar-refractivity contribution in [1.29, 1.82) is 0 Å². The Morgan fingerprint density at radius 1 is 1.16 bits per heavy atom. The lowest BCUT2D eigenvalue weighted by Gasteiger charge is -2.10. The summed E-state index contributed by atoms with van der Waals surface area (Å²) in [4.78, 5) is 0. The van der Waals surface area contributed by atoms with Gasteiger partial charge in [-0.2, -0.15) is 0 Å². The van der Waals surface area contributed by atoms with E-state index in [-0.39, 0.29) is 6.04 Å². The van der Waals surface area contributed by atoms with Gasteiger partial charge in [-0.1, -0.05) is 23.7 Å². The first-order chi connectivity index (χ1) is 9.04. The second-order valence-corrected chi connectivity index (χ2v) is 5.27. The van der Waals surface area contributed by atoms with E-state index in [1.165, 1.54) is 5.56 Å². The van der Waals surface area contributed by atoms with Crippen molar-refractivity contribution in [2.24, 2.45) is 5.73 Å². The maximum absolute atomic E-state index is 5.92. The molecule has 0 bridgehead atoms. The van der Waals surface area contributed by atoms with Crippen LogP contribution in [0.4, 0.5) is 0 Å². The van der Waals surface area contributed by atoms with Crippen LogP contribution >= 0.6 is 11.6 Å². The van der Waals surface area contributed by atoms with Crippen LogP contribution in [0.3, 0.4) is 0 Å². The first-order valence-corrected chi connectivity index (χ1v) is 6.71. The lowest BCUT2D eigenvalue weighted by molar-refractivity contribution is 0.478. The average molecular weight is 276 g/mol. The number of rotatable bonds is 4. The minimum absolute atomic E-state index is 0.172. The summed E-state index contributed by atoms with van der Waals surface area (Å²) < 4.78 is 5.83. The van der Waals surface area contributed by atoms with E-state index in [0.717, 1.165) is 28.5 Å². The minimum atomic E-state index is 0.172. The summed E-state index contributed by atoms with van der Waals surface area (Å²) in [6.07, 6.45) is 0.875. The van der Waals surface area contributed by atoms with E-state index in [1.807, 2.05) is 56.3 Å². The van der Waals surface area contributed by atoms with Crippen LogP contribution in [0.2, 0.25) is 5.02 Å². The molecule has 100 valence electrons. The number of nitrogens with two attached hydrogens (primary N) is 1. The zero-order valence-corrected chi connectivity index (χ0v) is 11.9. The Hall–Kier alpha value is -1.51. The number of benzene rings is 2. The first-order valence-electron chi connectivity index (χ1n) is 6.33. The number of hydrogen-bond donors (Lipinski definition) is 1.